The van der Waals surface area contributed by atoms with Gasteiger partial charge in [-0.05, 0) is 37.2 Å². The van der Waals surface area contributed by atoms with E-state index < -0.39 is 0 Å². The minimum absolute atomic E-state index is 0.253. The van der Waals surface area contributed by atoms with Crippen LogP contribution in [-0.2, 0) is 13.1 Å². The summed E-state index contributed by atoms with van der Waals surface area (Å²) in [6.45, 7) is 3.14. The molecular weight excluding hydrogens is 254 g/mol. The summed E-state index contributed by atoms with van der Waals surface area (Å²) < 4.78 is 6.96. The van der Waals surface area contributed by atoms with Crippen molar-refractivity contribution in [2.75, 3.05) is 14.2 Å². The van der Waals surface area contributed by atoms with Crippen molar-refractivity contribution >= 4 is 0 Å². The van der Waals surface area contributed by atoms with Crippen LogP contribution in [0.4, 0.5) is 0 Å². The Bertz CT molecular complexity index is 650. The summed E-state index contributed by atoms with van der Waals surface area (Å²) in [4.78, 5) is 15.6. The van der Waals surface area contributed by atoms with Crippen LogP contribution in [0.3, 0.4) is 0 Å². The average molecular weight is 273 g/mol. The molecule has 1 aromatic carbocycles. The van der Waals surface area contributed by atoms with E-state index in [1.165, 1.54) is 0 Å². The van der Waals surface area contributed by atoms with E-state index in [0.29, 0.717) is 6.54 Å². The Labute approximate surface area is 118 Å². The SMILES string of the molecule is CNCc1ccc(OC)c(Cn2cc(C)cnc2=O)c1. The highest BCUT2D eigenvalue weighted by molar-refractivity contribution is 5.37. The summed E-state index contributed by atoms with van der Waals surface area (Å²) in [5, 5.41) is 3.11. The lowest BCUT2D eigenvalue weighted by molar-refractivity contribution is 0.407. The van der Waals surface area contributed by atoms with E-state index in [0.717, 1.165) is 29.0 Å². The number of benzene rings is 1. The summed E-state index contributed by atoms with van der Waals surface area (Å²) >= 11 is 0. The molecule has 0 atom stereocenters. The summed E-state index contributed by atoms with van der Waals surface area (Å²) in [5.41, 5.74) is 2.82. The number of ether oxygens (including phenoxy) is 1. The number of hydrogen-bond donors (Lipinski definition) is 1. The number of methoxy groups -OCH3 is 1. The van der Waals surface area contributed by atoms with Gasteiger partial charge in [0, 0.05) is 24.5 Å². The van der Waals surface area contributed by atoms with E-state index in [1.807, 2.05) is 32.2 Å². The number of rotatable bonds is 5. The van der Waals surface area contributed by atoms with Gasteiger partial charge in [-0.25, -0.2) is 9.78 Å². The molecule has 0 amide bonds. The molecule has 1 heterocycles. The molecule has 0 unspecified atom stereocenters. The average Bonchev–Trinajstić information content (AvgIpc) is 2.44. The summed E-state index contributed by atoms with van der Waals surface area (Å²) in [6.07, 6.45) is 3.38. The third-order valence-electron chi connectivity index (χ3n) is 3.05. The number of aromatic nitrogens is 2. The molecule has 0 saturated carbocycles. The van der Waals surface area contributed by atoms with Crippen molar-refractivity contribution in [1.29, 1.82) is 0 Å². The predicted octanol–water partition coefficient (Wildman–Crippen LogP) is 1.33. The Balaban J connectivity index is 2.38. The second kappa shape index (κ2) is 6.34. The van der Waals surface area contributed by atoms with Gasteiger partial charge in [0.2, 0.25) is 0 Å². The molecule has 5 nitrogen and oxygen atoms in total. The van der Waals surface area contributed by atoms with Gasteiger partial charge in [-0.3, -0.25) is 4.57 Å². The number of nitrogens with one attached hydrogen (secondary N) is 1. The molecule has 0 aliphatic carbocycles. The van der Waals surface area contributed by atoms with E-state index in [9.17, 15) is 4.79 Å². The summed E-state index contributed by atoms with van der Waals surface area (Å²) in [7, 11) is 3.53. The first kappa shape index (κ1) is 14.3. The van der Waals surface area contributed by atoms with Gasteiger partial charge >= 0.3 is 5.69 Å². The van der Waals surface area contributed by atoms with E-state index in [2.05, 4.69) is 10.3 Å². The van der Waals surface area contributed by atoms with E-state index in [4.69, 9.17) is 4.74 Å². The molecule has 20 heavy (non-hydrogen) atoms. The maximum atomic E-state index is 11.8. The smallest absolute Gasteiger partial charge is 0.347 e. The first-order chi connectivity index (χ1) is 9.63. The van der Waals surface area contributed by atoms with Gasteiger partial charge in [0.05, 0.1) is 13.7 Å². The molecule has 2 aromatic rings. The lowest BCUT2D eigenvalue weighted by Crippen LogP contribution is -2.23. The van der Waals surface area contributed by atoms with Crippen molar-refractivity contribution in [3.8, 4) is 5.75 Å². The molecule has 0 fully saturated rings. The third-order valence-corrected chi connectivity index (χ3v) is 3.05. The Kier molecular flexibility index (Phi) is 4.53. The Hall–Kier alpha value is -2.14. The standard InChI is InChI=1S/C15H19N3O2/c1-11-7-17-15(19)18(9-11)10-13-6-12(8-16-2)4-5-14(13)20-3/h4-7,9,16H,8,10H2,1-3H3. The van der Waals surface area contributed by atoms with Crippen LogP contribution < -0.4 is 15.7 Å². The van der Waals surface area contributed by atoms with Crippen molar-refractivity contribution < 1.29 is 4.74 Å². The van der Waals surface area contributed by atoms with Gasteiger partial charge in [-0.2, -0.15) is 0 Å². The first-order valence-corrected chi connectivity index (χ1v) is 6.47. The molecule has 0 saturated heterocycles. The molecule has 106 valence electrons. The van der Waals surface area contributed by atoms with Crippen LogP contribution in [0.2, 0.25) is 0 Å². The Morgan fingerprint density at radius 3 is 2.90 bits per heavy atom. The van der Waals surface area contributed by atoms with Crippen LogP contribution in [0.5, 0.6) is 5.75 Å². The maximum Gasteiger partial charge on any atom is 0.347 e. The van der Waals surface area contributed by atoms with E-state index >= 15 is 0 Å². The maximum absolute atomic E-state index is 11.8. The highest BCUT2D eigenvalue weighted by Crippen LogP contribution is 2.20. The van der Waals surface area contributed by atoms with Crippen LogP contribution in [0.15, 0.2) is 35.4 Å². The molecule has 5 heteroatoms. The van der Waals surface area contributed by atoms with E-state index in [1.54, 1.807) is 24.1 Å². The molecule has 1 N–H and O–H groups in total. The minimum Gasteiger partial charge on any atom is -0.496 e. The Morgan fingerprint density at radius 1 is 1.40 bits per heavy atom. The second-order valence-electron chi connectivity index (χ2n) is 4.72. The fraction of sp³-hybridized carbons (Fsp3) is 0.333. The monoisotopic (exact) mass is 273 g/mol. The normalized spacial score (nSPS) is 10.6. The highest BCUT2D eigenvalue weighted by atomic mass is 16.5. The summed E-state index contributed by atoms with van der Waals surface area (Å²) in [6, 6.07) is 5.98. The fourth-order valence-corrected chi connectivity index (χ4v) is 2.13. The van der Waals surface area contributed by atoms with Crippen LogP contribution in [0, 0.1) is 6.92 Å². The molecule has 0 radical (unpaired) electrons. The molecule has 0 bridgehead atoms. The van der Waals surface area contributed by atoms with Crippen LogP contribution in [-0.4, -0.2) is 23.7 Å². The van der Waals surface area contributed by atoms with Crippen molar-refractivity contribution in [1.82, 2.24) is 14.9 Å². The van der Waals surface area contributed by atoms with Gasteiger partial charge in [-0.15, -0.1) is 0 Å². The molecule has 0 aliphatic heterocycles. The first-order valence-electron chi connectivity index (χ1n) is 6.47. The fourth-order valence-electron chi connectivity index (χ4n) is 2.13. The zero-order valence-corrected chi connectivity index (χ0v) is 12.0. The number of hydrogen-bond acceptors (Lipinski definition) is 4. The van der Waals surface area contributed by atoms with Crippen molar-refractivity contribution in [2.45, 2.75) is 20.0 Å². The topological polar surface area (TPSA) is 56.1 Å². The van der Waals surface area contributed by atoms with Crippen LogP contribution >= 0.6 is 0 Å². The summed E-state index contributed by atoms with van der Waals surface area (Å²) in [5.74, 6) is 0.776. The highest BCUT2D eigenvalue weighted by Gasteiger charge is 2.07. The molecule has 0 spiro atoms. The molecule has 0 aliphatic rings. The molecule has 2 rings (SSSR count). The van der Waals surface area contributed by atoms with Crippen LogP contribution in [0.1, 0.15) is 16.7 Å². The van der Waals surface area contributed by atoms with Gasteiger partial charge < -0.3 is 10.1 Å². The zero-order valence-electron chi connectivity index (χ0n) is 12.0. The number of aryl methyl sites for hydroxylation is 1. The predicted molar refractivity (Wildman–Crippen MR) is 78.1 cm³/mol. The number of nitrogens with zero attached hydrogens (tertiary/aromatic N) is 2. The third kappa shape index (κ3) is 3.24. The lowest BCUT2D eigenvalue weighted by Gasteiger charge is -2.12. The second-order valence-corrected chi connectivity index (χ2v) is 4.72. The van der Waals surface area contributed by atoms with Gasteiger partial charge in [0.25, 0.3) is 0 Å². The van der Waals surface area contributed by atoms with Crippen molar-refractivity contribution in [3.63, 3.8) is 0 Å². The zero-order chi connectivity index (χ0) is 14.5. The molecular formula is C15H19N3O2. The molecule has 1 aromatic heterocycles. The van der Waals surface area contributed by atoms with Gasteiger partial charge in [0.1, 0.15) is 5.75 Å². The van der Waals surface area contributed by atoms with E-state index in [-0.39, 0.29) is 5.69 Å². The Morgan fingerprint density at radius 2 is 2.20 bits per heavy atom. The van der Waals surface area contributed by atoms with Gasteiger partial charge in [-0.1, -0.05) is 6.07 Å². The minimum atomic E-state index is -0.253. The van der Waals surface area contributed by atoms with Crippen molar-refractivity contribution in [2.24, 2.45) is 0 Å². The lowest BCUT2D eigenvalue weighted by atomic mass is 10.1. The quantitative estimate of drug-likeness (QED) is 0.893. The van der Waals surface area contributed by atoms with Gasteiger partial charge in [0.15, 0.2) is 0 Å². The van der Waals surface area contributed by atoms with Crippen molar-refractivity contribution in [3.05, 3.63) is 57.8 Å². The largest absolute Gasteiger partial charge is 0.496 e. The van der Waals surface area contributed by atoms with Crippen LogP contribution in [0.25, 0.3) is 0 Å².